The first-order chi connectivity index (χ1) is 12.5. The van der Waals surface area contributed by atoms with E-state index in [2.05, 4.69) is 15.6 Å². The van der Waals surface area contributed by atoms with Crippen molar-refractivity contribution in [1.29, 1.82) is 0 Å². The molecular formula is C19H17ClN4O2. The third-order valence-electron chi connectivity index (χ3n) is 4.32. The van der Waals surface area contributed by atoms with Crippen LogP contribution >= 0.6 is 11.6 Å². The van der Waals surface area contributed by atoms with Gasteiger partial charge in [0.25, 0.3) is 11.8 Å². The summed E-state index contributed by atoms with van der Waals surface area (Å²) in [6, 6.07) is 10.8. The molecule has 4 rings (SSSR count). The van der Waals surface area contributed by atoms with E-state index in [-0.39, 0.29) is 29.4 Å². The van der Waals surface area contributed by atoms with E-state index in [1.807, 2.05) is 13.0 Å². The van der Waals surface area contributed by atoms with Crippen molar-refractivity contribution in [2.75, 3.05) is 5.32 Å². The average molecular weight is 369 g/mol. The number of rotatable bonds is 4. The van der Waals surface area contributed by atoms with Gasteiger partial charge in [0.2, 0.25) is 5.82 Å². The molecular weight excluding hydrogens is 352 g/mol. The van der Waals surface area contributed by atoms with Crippen molar-refractivity contribution in [3.05, 3.63) is 64.7 Å². The molecule has 0 aliphatic heterocycles. The number of nitrogens with one attached hydrogen (secondary N) is 2. The minimum atomic E-state index is -0.371. The molecule has 0 unspecified atom stereocenters. The zero-order valence-electron chi connectivity index (χ0n) is 14.1. The third-order valence-corrected chi connectivity index (χ3v) is 4.55. The van der Waals surface area contributed by atoms with Gasteiger partial charge < -0.3 is 10.6 Å². The monoisotopic (exact) mass is 368 g/mol. The molecule has 0 bridgehead atoms. The molecule has 6 nitrogen and oxygen atoms in total. The minimum absolute atomic E-state index is 0.209. The first-order valence-corrected chi connectivity index (χ1v) is 8.76. The molecule has 1 aromatic carbocycles. The Morgan fingerprint density at radius 1 is 1.19 bits per heavy atom. The molecule has 1 fully saturated rings. The molecule has 2 amide bonds. The van der Waals surface area contributed by atoms with E-state index in [0.29, 0.717) is 16.2 Å². The summed E-state index contributed by atoms with van der Waals surface area (Å²) < 4.78 is 1.64. The topological polar surface area (TPSA) is 75.5 Å². The second kappa shape index (κ2) is 6.46. The summed E-state index contributed by atoms with van der Waals surface area (Å²) in [6.07, 6.45) is 3.70. The van der Waals surface area contributed by atoms with E-state index in [9.17, 15) is 9.59 Å². The van der Waals surface area contributed by atoms with Crippen LogP contribution in [0.25, 0.3) is 5.52 Å². The molecule has 26 heavy (non-hydrogen) atoms. The van der Waals surface area contributed by atoms with Crippen LogP contribution in [-0.4, -0.2) is 27.2 Å². The number of aromatic nitrogens is 2. The van der Waals surface area contributed by atoms with Gasteiger partial charge in [0, 0.05) is 22.9 Å². The first-order valence-electron chi connectivity index (χ1n) is 8.38. The van der Waals surface area contributed by atoms with Crippen molar-refractivity contribution in [1.82, 2.24) is 14.7 Å². The maximum atomic E-state index is 12.8. The molecule has 1 aliphatic carbocycles. The number of halogens is 1. The van der Waals surface area contributed by atoms with Crippen molar-refractivity contribution in [2.24, 2.45) is 0 Å². The lowest BCUT2D eigenvalue weighted by molar-refractivity contribution is 0.0940. The number of pyridine rings is 1. The predicted molar refractivity (Wildman–Crippen MR) is 99.8 cm³/mol. The van der Waals surface area contributed by atoms with Gasteiger partial charge in [-0.05, 0) is 55.7 Å². The van der Waals surface area contributed by atoms with Crippen LogP contribution in [0.15, 0.2) is 42.6 Å². The smallest absolute Gasteiger partial charge is 0.287 e. The first kappa shape index (κ1) is 16.6. The van der Waals surface area contributed by atoms with Gasteiger partial charge in [-0.2, -0.15) is 0 Å². The molecule has 0 saturated heterocycles. The van der Waals surface area contributed by atoms with Crippen LogP contribution in [0.4, 0.5) is 5.69 Å². The Kier molecular flexibility index (Phi) is 4.12. The highest BCUT2D eigenvalue weighted by Gasteiger charge is 2.27. The van der Waals surface area contributed by atoms with Crippen LogP contribution < -0.4 is 10.6 Å². The van der Waals surface area contributed by atoms with Crippen molar-refractivity contribution < 1.29 is 9.59 Å². The van der Waals surface area contributed by atoms with Gasteiger partial charge in [-0.1, -0.05) is 17.7 Å². The van der Waals surface area contributed by atoms with Crippen LogP contribution in [0, 0.1) is 6.92 Å². The summed E-state index contributed by atoms with van der Waals surface area (Å²) in [5.74, 6) is -0.425. The number of imidazole rings is 1. The van der Waals surface area contributed by atoms with Crippen LogP contribution in [0.3, 0.4) is 0 Å². The number of nitrogens with zero attached hydrogens (tertiary/aromatic N) is 2. The second-order valence-electron chi connectivity index (χ2n) is 6.40. The van der Waals surface area contributed by atoms with Crippen LogP contribution in [-0.2, 0) is 0 Å². The molecule has 0 atom stereocenters. The molecule has 2 heterocycles. The zero-order chi connectivity index (χ0) is 18.3. The molecule has 1 saturated carbocycles. The van der Waals surface area contributed by atoms with E-state index in [4.69, 9.17) is 11.6 Å². The fourth-order valence-electron chi connectivity index (χ4n) is 2.79. The summed E-state index contributed by atoms with van der Waals surface area (Å²) in [4.78, 5) is 29.6. The van der Waals surface area contributed by atoms with Gasteiger partial charge in [-0.15, -0.1) is 0 Å². The summed E-state index contributed by atoms with van der Waals surface area (Å²) >= 11 is 5.96. The van der Waals surface area contributed by atoms with E-state index in [1.54, 1.807) is 40.9 Å². The van der Waals surface area contributed by atoms with Crippen LogP contribution in [0.5, 0.6) is 0 Å². The highest BCUT2D eigenvalue weighted by molar-refractivity contribution is 6.30. The fourth-order valence-corrected chi connectivity index (χ4v) is 3.02. The summed E-state index contributed by atoms with van der Waals surface area (Å²) in [7, 11) is 0. The van der Waals surface area contributed by atoms with E-state index >= 15 is 0 Å². The lowest BCUT2D eigenvalue weighted by Crippen LogP contribution is -2.27. The molecule has 132 valence electrons. The highest BCUT2D eigenvalue weighted by Crippen LogP contribution is 2.22. The van der Waals surface area contributed by atoms with E-state index in [0.717, 1.165) is 18.4 Å². The Morgan fingerprint density at radius 3 is 2.73 bits per heavy atom. The molecule has 0 radical (unpaired) electrons. The standard InChI is InChI=1S/C19H17ClN4O2/c1-11-10-12(20)5-8-14(11)22-18(25)16-15-4-2-3-9-24(15)17(23-16)19(26)21-13-6-7-13/h2-5,8-10,13H,6-7H2,1H3,(H,21,26)(H,22,25). The Labute approximate surface area is 155 Å². The third kappa shape index (κ3) is 3.15. The number of anilines is 1. The van der Waals surface area contributed by atoms with Crippen molar-refractivity contribution in [2.45, 2.75) is 25.8 Å². The zero-order valence-corrected chi connectivity index (χ0v) is 14.9. The summed E-state index contributed by atoms with van der Waals surface area (Å²) in [5.41, 5.74) is 2.29. The Hall–Kier alpha value is -2.86. The summed E-state index contributed by atoms with van der Waals surface area (Å²) in [5, 5.41) is 6.36. The Balaban J connectivity index is 1.69. The SMILES string of the molecule is Cc1cc(Cl)ccc1NC(=O)c1nc(C(=O)NC2CC2)n2ccccc12. The second-order valence-corrected chi connectivity index (χ2v) is 6.84. The van der Waals surface area contributed by atoms with Gasteiger partial charge in [-0.3, -0.25) is 14.0 Å². The normalized spacial score (nSPS) is 13.6. The van der Waals surface area contributed by atoms with Crippen LogP contribution in [0.2, 0.25) is 5.02 Å². The highest BCUT2D eigenvalue weighted by atomic mass is 35.5. The lowest BCUT2D eigenvalue weighted by Gasteiger charge is -2.07. The van der Waals surface area contributed by atoms with E-state index < -0.39 is 0 Å². The number of benzene rings is 1. The largest absolute Gasteiger partial charge is 0.347 e. The van der Waals surface area contributed by atoms with E-state index in [1.165, 1.54) is 0 Å². The number of fused-ring (bicyclic) bond motifs is 1. The van der Waals surface area contributed by atoms with Gasteiger partial charge in [0.15, 0.2) is 5.69 Å². The number of aryl methyl sites for hydroxylation is 1. The van der Waals surface area contributed by atoms with Crippen molar-refractivity contribution in [3.8, 4) is 0 Å². The number of carbonyl (C=O) groups excluding carboxylic acids is 2. The molecule has 2 N–H and O–H groups in total. The lowest BCUT2D eigenvalue weighted by atomic mass is 10.2. The molecule has 0 spiro atoms. The molecule has 3 aromatic rings. The maximum Gasteiger partial charge on any atom is 0.287 e. The number of carbonyl (C=O) groups is 2. The van der Waals surface area contributed by atoms with Crippen molar-refractivity contribution in [3.63, 3.8) is 0 Å². The number of hydrogen-bond donors (Lipinski definition) is 2. The Bertz CT molecular complexity index is 1020. The summed E-state index contributed by atoms with van der Waals surface area (Å²) in [6.45, 7) is 1.86. The predicted octanol–water partition coefficient (Wildman–Crippen LogP) is 3.44. The van der Waals surface area contributed by atoms with Gasteiger partial charge >= 0.3 is 0 Å². The molecule has 2 aromatic heterocycles. The molecule has 7 heteroatoms. The number of amides is 2. The molecule has 1 aliphatic rings. The maximum absolute atomic E-state index is 12.8. The van der Waals surface area contributed by atoms with Crippen LogP contribution in [0.1, 0.15) is 39.5 Å². The number of hydrogen-bond acceptors (Lipinski definition) is 3. The quantitative estimate of drug-likeness (QED) is 0.740. The van der Waals surface area contributed by atoms with Crippen molar-refractivity contribution >= 4 is 34.6 Å². The fraction of sp³-hybridized carbons (Fsp3) is 0.211. The minimum Gasteiger partial charge on any atom is -0.347 e. The van der Waals surface area contributed by atoms with Gasteiger partial charge in [0.1, 0.15) is 0 Å². The van der Waals surface area contributed by atoms with Gasteiger partial charge in [0.05, 0.1) is 5.52 Å². The Morgan fingerprint density at radius 2 is 2.00 bits per heavy atom. The average Bonchev–Trinajstić information content (AvgIpc) is 3.34. The van der Waals surface area contributed by atoms with Gasteiger partial charge in [-0.25, -0.2) is 4.98 Å².